The van der Waals surface area contributed by atoms with Crippen LogP contribution in [-0.2, 0) is 14.3 Å². The molecular weight excluding hydrogens is 296 g/mol. The Bertz CT molecular complexity index is 530. The van der Waals surface area contributed by atoms with Gasteiger partial charge in [0.25, 0.3) is 0 Å². The summed E-state index contributed by atoms with van der Waals surface area (Å²) < 4.78 is 10.1. The molecule has 0 aromatic heterocycles. The Hall–Kier alpha value is -1.63. The molecule has 21 heavy (non-hydrogen) atoms. The highest BCUT2D eigenvalue weighted by atomic mass is 35.5. The smallest absolute Gasteiger partial charge is 0.339 e. The van der Waals surface area contributed by atoms with Crippen LogP contribution < -0.4 is 10.6 Å². The number of ether oxygens (including phenoxy) is 2. The fourth-order valence-electron chi connectivity index (χ4n) is 2.04. The van der Waals surface area contributed by atoms with Crippen LogP contribution in [0.3, 0.4) is 0 Å². The highest BCUT2D eigenvalue weighted by Gasteiger charge is 2.18. The second kappa shape index (κ2) is 7.40. The van der Waals surface area contributed by atoms with E-state index in [1.807, 2.05) is 0 Å². The number of anilines is 1. The van der Waals surface area contributed by atoms with Gasteiger partial charge < -0.3 is 20.1 Å². The average molecular weight is 313 g/mol. The van der Waals surface area contributed by atoms with Gasteiger partial charge in [0.2, 0.25) is 5.91 Å². The van der Waals surface area contributed by atoms with Gasteiger partial charge >= 0.3 is 5.97 Å². The summed E-state index contributed by atoms with van der Waals surface area (Å²) >= 11 is 5.92. The van der Waals surface area contributed by atoms with Crippen LogP contribution in [0.1, 0.15) is 16.8 Å². The molecule has 0 bridgehead atoms. The van der Waals surface area contributed by atoms with Gasteiger partial charge in [-0.3, -0.25) is 4.79 Å². The maximum Gasteiger partial charge on any atom is 0.339 e. The molecule has 0 saturated carbocycles. The summed E-state index contributed by atoms with van der Waals surface area (Å²) in [6.07, 6.45) is 0.120. The minimum atomic E-state index is -0.545. The molecule has 6 nitrogen and oxygen atoms in total. The first kappa shape index (κ1) is 15.8. The van der Waals surface area contributed by atoms with Gasteiger partial charge in [0, 0.05) is 18.8 Å². The van der Waals surface area contributed by atoms with Crippen molar-refractivity contribution in [2.24, 2.45) is 0 Å². The minimum absolute atomic E-state index is 0.133. The van der Waals surface area contributed by atoms with E-state index in [0.717, 1.165) is 6.54 Å². The molecule has 7 heteroatoms. The SMILES string of the molecule is COC(=O)c1cc(NC(=O)CC2CNCCO2)ccc1Cl. The summed E-state index contributed by atoms with van der Waals surface area (Å²) in [7, 11) is 1.28. The van der Waals surface area contributed by atoms with Crippen LogP contribution in [0.15, 0.2) is 18.2 Å². The van der Waals surface area contributed by atoms with Gasteiger partial charge in [-0.05, 0) is 18.2 Å². The monoisotopic (exact) mass is 312 g/mol. The Kier molecular flexibility index (Phi) is 5.55. The van der Waals surface area contributed by atoms with Crippen molar-refractivity contribution < 1.29 is 19.1 Å². The van der Waals surface area contributed by atoms with Crippen LogP contribution in [0.2, 0.25) is 5.02 Å². The molecule has 1 atom stereocenters. The van der Waals surface area contributed by atoms with Crippen LogP contribution in [0.5, 0.6) is 0 Å². The van der Waals surface area contributed by atoms with Gasteiger partial charge in [0.05, 0.1) is 36.8 Å². The van der Waals surface area contributed by atoms with Crippen molar-refractivity contribution >= 4 is 29.2 Å². The zero-order valence-corrected chi connectivity index (χ0v) is 12.4. The Morgan fingerprint density at radius 2 is 2.33 bits per heavy atom. The van der Waals surface area contributed by atoms with Crippen molar-refractivity contribution in [1.29, 1.82) is 0 Å². The zero-order chi connectivity index (χ0) is 15.2. The van der Waals surface area contributed by atoms with E-state index in [4.69, 9.17) is 16.3 Å². The van der Waals surface area contributed by atoms with E-state index >= 15 is 0 Å². The van der Waals surface area contributed by atoms with Crippen molar-refractivity contribution in [3.05, 3.63) is 28.8 Å². The molecule has 1 aromatic rings. The number of hydrogen-bond donors (Lipinski definition) is 2. The third kappa shape index (κ3) is 4.42. The third-order valence-corrected chi connectivity index (χ3v) is 3.40. The Morgan fingerprint density at radius 1 is 1.52 bits per heavy atom. The van der Waals surface area contributed by atoms with Crippen LogP contribution >= 0.6 is 11.6 Å². The number of amides is 1. The quantitative estimate of drug-likeness (QED) is 0.823. The fourth-order valence-corrected chi connectivity index (χ4v) is 2.23. The number of methoxy groups -OCH3 is 1. The van der Waals surface area contributed by atoms with Gasteiger partial charge in [0.1, 0.15) is 0 Å². The van der Waals surface area contributed by atoms with E-state index in [1.165, 1.54) is 13.2 Å². The molecule has 0 spiro atoms. The fraction of sp³-hybridized carbons (Fsp3) is 0.429. The molecule has 1 saturated heterocycles. The lowest BCUT2D eigenvalue weighted by Crippen LogP contribution is -2.40. The van der Waals surface area contributed by atoms with Crippen molar-refractivity contribution in [2.75, 3.05) is 32.1 Å². The van der Waals surface area contributed by atoms with E-state index < -0.39 is 5.97 Å². The number of benzene rings is 1. The standard InChI is InChI=1S/C14H17ClN2O4/c1-20-14(19)11-6-9(2-3-12(11)15)17-13(18)7-10-8-16-4-5-21-10/h2-3,6,10,16H,4-5,7-8H2,1H3,(H,17,18). The molecule has 0 aliphatic carbocycles. The van der Waals surface area contributed by atoms with E-state index in [1.54, 1.807) is 12.1 Å². The number of carbonyl (C=O) groups is 2. The van der Waals surface area contributed by atoms with Gasteiger partial charge in [0.15, 0.2) is 0 Å². The van der Waals surface area contributed by atoms with Crippen LogP contribution in [-0.4, -0.2) is 44.8 Å². The van der Waals surface area contributed by atoms with Gasteiger partial charge in [-0.25, -0.2) is 4.79 Å². The van der Waals surface area contributed by atoms with Crippen molar-refractivity contribution in [2.45, 2.75) is 12.5 Å². The van der Waals surface area contributed by atoms with E-state index in [0.29, 0.717) is 18.8 Å². The number of morpholine rings is 1. The van der Waals surface area contributed by atoms with Crippen LogP contribution in [0.25, 0.3) is 0 Å². The molecule has 2 rings (SSSR count). The molecule has 2 N–H and O–H groups in total. The van der Waals surface area contributed by atoms with Gasteiger partial charge in [-0.1, -0.05) is 11.6 Å². The predicted octanol–water partition coefficient (Wildman–Crippen LogP) is 1.44. The Morgan fingerprint density at radius 3 is 3.00 bits per heavy atom. The minimum Gasteiger partial charge on any atom is -0.465 e. The lowest BCUT2D eigenvalue weighted by molar-refractivity contribution is -0.119. The van der Waals surface area contributed by atoms with E-state index in [-0.39, 0.29) is 29.0 Å². The molecule has 114 valence electrons. The summed E-state index contributed by atoms with van der Waals surface area (Å²) in [6.45, 7) is 2.06. The molecule has 1 amide bonds. The van der Waals surface area contributed by atoms with Gasteiger partial charge in [-0.2, -0.15) is 0 Å². The largest absolute Gasteiger partial charge is 0.465 e. The molecular formula is C14H17ClN2O4. The first-order chi connectivity index (χ1) is 10.1. The van der Waals surface area contributed by atoms with Gasteiger partial charge in [-0.15, -0.1) is 0 Å². The van der Waals surface area contributed by atoms with Crippen molar-refractivity contribution in [1.82, 2.24) is 5.32 Å². The zero-order valence-electron chi connectivity index (χ0n) is 11.6. The number of esters is 1. The summed E-state index contributed by atoms with van der Waals surface area (Å²) in [5.74, 6) is -0.724. The first-order valence-corrected chi connectivity index (χ1v) is 6.98. The normalized spacial score (nSPS) is 18.1. The van der Waals surface area contributed by atoms with Crippen LogP contribution in [0.4, 0.5) is 5.69 Å². The summed E-state index contributed by atoms with van der Waals surface area (Å²) in [5, 5.41) is 6.16. The topological polar surface area (TPSA) is 76.7 Å². The predicted molar refractivity (Wildman–Crippen MR) is 78.6 cm³/mol. The van der Waals surface area contributed by atoms with Crippen LogP contribution in [0, 0.1) is 0 Å². The van der Waals surface area contributed by atoms with Crippen molar-refractivity contribution in [3.63, 3.8) is 0 Å². The number of nitrogens with one attached hydrogen (secondary N) is 2. The van der Waals surface area contributed by atoms with E-state index in [9.17, 15) is 9.59 Å². The first-order valence-electron chi connectivity index (χ1n) is 6.60. The number of rotatable bonds is 4. The number of hydrogen-bond acceptors (Lipinski definition) is 5. The second-order valence-corrected chi connectivity index (χ2v) is 5.04. The lowest BCUT2D eigenvalue weighted by atomic mass is 10.1. The van der Waals surface area contributed by atoms with E-state index in [2.05, 4.69) is 15.4 Å². The maximum atomic E-state index is 11.9. The molecule has 1 aliphatic rings. The molecule has 0 radical (unpaired) electrons. The Labute approximate surface area is 127 Å². The second-order valence-electron chi connectivity index (χ2n) is 4.64. The van der Waals surface area contributed by atoms with Crippen molar-refractivity contribution in [3.8, 4) is 0 Å². The molecule has 1 unspecified atom stereocenters. The summed E-state index contributed by atoms with van der Waals surface area (Å²) in [4.78, 5) is 23.5. The third-order valence-electron chi connectivity index (χ3n) is 3.07. The highest BCUT2D eigenvalue weighted by Crippen LogP contribution is 2.21. The highest BCUT2D eigenvalue weighted by molar-refractivity contribution is 6.33. The molecule has 1 aliphatic heterocycles. The summed E-state index contributed by atoms with van der Waals surface area (Å²) in [6, 6.07) is 4.67. The number of halogens is 1. The molecule has 1 fully saturated rings. The molecule has 1 aromatic carbocycles. The Balaban J connectivity index is 1.98. The maximum absolute atomic E-state index is 11.9. The average Bonchev–Trinajstić information content (AvgIpc) is 2.49. The lowest BCUT2D eigenvalue weighted by Gasteiger charge is -2.23. The number of carbonyl (C=O) groups excluding carboxylic acids is 2. The summed E-state index contributed by atoms with van der Waals surface area (Å²) in [5.41, 5.74) is 0.709. The molecule has 1 heterocycles.